The number of methoxy groups -OCH3 is 1. The standard InChI is InChI=1S/C19H18ClN3O4/c1-19(13-7-9-14(27-2)10-8-13)17(25)23(18(26)21-19)22-16(24)11-12-5-3-4-6-15(12)20/h3-10H,11H2,1-2H3,(H,21,26)(H,22,24)/t19-/m0/s1. The van der Waals surface area contributed by atoms with Crippen molar-refractivity contribution in [3.05, 3.63) is 64.7 Å². The summed E-state index contributed by atoms with van der Waals surface area (Å²) in [5, 5.41) is 3.76. The highest BCUT2D eigenvalue weighted by atomic mass is 35.5. The normalized spacial score (nSPS) is 19.0. The zero-order valence-electron chi connectivity index (χ0n) is 14.8. The molecule has 0 spiro atoms. The van der Waals surface area contributed by atoms with Crippen LogP contribution < -0.4 is 15.5 Å². The van der Waals surface area contributed by atoms with Gasteiger partial charge in [-0.1, -0.05) is 41.9 Å². The molecule has 27 heavy (non-hydrogen) atoms. The van der Waals surface area contributed by atoms with Crippen molar-refractivity contribution >= 4 is 29.4 Å². The topological polar surface area (TPSA) is 87.7 Å². The number of rotatable bonds is 5. The molecular formula is C19H18ClN3O4. The number of imide groups is 1. The Morgan fingerprint density at radius 2 is 1.85 bits per heavy atom. The fourth-order valence-corrected chi connectivity index (χ4v) is 3.04. The van der Waals surface area contributed by atoms with Crippen LogP contribution in [0.5, 0.6) is 5.75 Å². The van der Waals surface area contributed by atoms with Gasteiger partial charge in [0.05, 0.1) is 13.5 Å². The molecule has 0 aromatic heterocycles. The van der Waals surface area contributed by atoms with E-state index in [1.54, 1.807) is 55.5 Å². The third-order valence-corrected chi connectivity index (χ3v) is 4.77. The van der Waals surface area contributed by atoms with Crippen LogP contribution in [0.1, 0.15) is 18.1 Å². The van der Waals surface area contributed by atoms with Crippen LogP contribution >= 0.6 is 11.6 Å². The maximum absolute atomic E-state index is 12.8. The number of carbonyl (C=O) groups is 3. The predicted molar refractivity (Wildman–Crippen MR) is 99.0 cm³/mol. The van der Waals surface area contributed by atoms with Crippen molar-refractivity contribution in [1.29, 1.82) is 0 Å². The lowest BCUT2D eigenvalue weighted by Crippen LogP contribution is -2.48. The third-order valence-electron chi connectivity index (χ3n) is 4.40. The molecule has 1 heterocycles. The summed E-state index contributed by atoms with van der Waals surface area (Å²) < 4.78 is 5.10. The van der Waals surface area contributed by atoms with Crippen molar-refractivity contribution < 1.29 is 19.1 Å². The summed E-state index contributed by atoms with van der Waals surface area (Å²) in [6.45, 7) is 1.58. The zero-order valence-corrected chi connectivity index (χ0v) is 15.5. The molecule has 0 unspecified atom stereocenters. The number of hydrogen-bond acceptors (Lipinski definition) is 4. The van der Waals surface area contributed by atoms with Gasteiger partial charge in [0.25, 0.3) is 5.91 Å². The van der Waals surface area contributed by atoms with Gasteiger partial charge in [-0.05, 0) is 36.2 Å². The largest absolute Gasteiger partial charge is 0.497 e. The summed E-state index contributed by atoms with van der Waals surface area (Å²) >= 11 is 6.04. The van der Waals surface area contributed by atoms with Gasteiger partial charge in [0.2, 0.25) is 5.91 Å². The van der Waals surface area contributed by atoms with Gasteiger partial charge in [-0.3, -0.25) is 15.0 Å². The van der Waals surface area contributed by atoms with Gasteiger partial charge in [-0.2, -0.15) is 5.01 Å². The van der Waals surface area contributed by atoms with Crippen molar-refractivity contribution in [3.63, 3.8) is 0 Å². The lowest BCUT2D eigenvalue weighted by atomic mass is 9.92. The van der Waals surface area contributed by atoms with E-state index in [2.05, 4.69) is 10.7 Å². The summed E-state index contributed by atoms with van der Waals surface area (Å²) in [6.07, 6.45) is -0.0595. The second-order valence-corrected chi connectivity index (χ2v) is 6.63. The van der Waals surface area contributed by atoms with Crippen molar-refractivity contribution in [2.45, 2.75) is 18.9 Å². The Bertz CT molecular complexity index is 900. The number of halogens is 1. The van der Waals surface area contributed by atoms with Crippen molar-refractivity contribution in [1.82, 2.24) is 15.8 Å². The molecule has 1 atom stereocenters. The maximum Gasteiger partial charge on any atom is 0.344 e. The average Bonchev–Trinajstić information content (AvgIpc) is 2.88. The summed E-state index contributed by atoms with van der Waals surface area (Å²) in [7, 11) is 1.54. The monoisotopic (exact) mass is 387 g/mol. The van der Waals surface area contributed by atoms with Crippen LogP contribution in [0.4, 0.5) is 4.79 Å². The van der Waals surface area contributed by atoms with Gasteiger partial charge < -0.3 is 10.1 Å². The Morgan fingerprint density at radius 1 is 1.19 bits per heavy atom. The van der Waals surface area contributed by atoms with Gasteiger partial charge >= 0.3 is 6.03 Å². The van der Waals surface area contributed by atoms with Crippen molar-refractivity contribution in [2.75, 3.05) is 7.11 Å². The van der Waals surface area contributed by atoms with Gasteiger partial charge in [0, 0.05) is 5.02 Å². The van der Waals surface area contributed by atoms with Crippen LogP contribution in [0, 0.1) is 0 Å². The number of benzene rings is 2. The second kappa shape index (κ2) is 7.28. The molecular weight excluding hydrogens is 370 g/mol. The van der Waals surface area contributed by atoms with Gasteiger partial charge in [-0.25, -0.2) is 4.79 Å². The Kier molecular flexibility index (Phi) is 5.05. The molecule has 2 aromatic carbocycles. The first-order chi connectivity index (χ1) is 12.8. The number of nitrogens with zero attached hydrogens (tertiary/aromatic N) is 1. The van der Waals surface area contributed by atoms with Gasteiger partial charge in [-0.15, -0.1) is 0 Å². The molecule has 0 saturated carbocycles. The number of ether oxygens (including phenoxy) is 1. The maximum atomic E-state index is 12.8. The Hall–Kier alpha value is -3.06. The molecule has 4 amide bonds. The predicted octanol–water partition coefficient (Wildman–Crippen LogP) is 2.39. The summed E-state index contributed by atoms with van der Waals surface area (Å²) in [5.41, 5.74) is 2.23. The fraction of sp³-hybridized carbons (Fsp3) is 0.211. The molecule has 2 N–H and O–H groups in total. The lowest BCUT2D eigenvalue weighted by molar-refractivity contribution is -0.138. The zero-order chi connectivity index (χ0) is 19.6. The van der Waals surface area contributed by atoms with Crippen LogP contribution in [0.2, 0.25) is 5.02 Å². The van der Waals surface area contributed by atoms with Crippen LogP contribution in [0.15, 0.2) is 48.5 Å². The SMILES string of the molecule is COc1ccc([C@]2(C)NC(=O)N(NC(=O)Cc3ccccc3Cl)C2=O)cc1. The number of hydrogen-bond donors (Lipinski definition) is 2. The molecule has 1 aliphatic heterocycles. The van der Waals surface area contributed by atoms with E-state index in [1.165, 1.54) is 7.11 Å². The van der Waals surface area contributed by atoms with E-state index >= 15 is 0 Å². The van der Waals surface area contributed by atoms with E-state index < -0.39 is 23.4 Å². The smallest absolute Gasteiger partial charge is 0.344 e. The number of nitrogens with one attached hydrogen (secondary N) is 2. The molecule has 0 aliphatic carbocycles. The highest BCUT2D eigenvalue weighted by molar-refractivity contribution is 6.31. The fourth-order valence-electron chi connectivity index (χ4n) is 2.84. The van der Waals surface area contributed by atoms with Gasteiger partial charge in [0.1, 0.15) is 11.3 Å². The first kappa shape index (κ1) is 18.7. The van der Waals surface area contributed by atoms with E-state index in [-0.39, 0.29) is 6.42 Å². The van der Waals surface area contributed by atoms with Crippen molar-refractivity contribution in [3.8, 4) is 5.75 Å². The van der Waals surface area contributed by atoms with Crippen LogP contribution in [-0.4, -0.2) is 30.0 Å². The highest BCUT2D eigenvalue weighted by Crippen LogP contribution is 2.29. The Morgan fingerprint density at radius 3 is 2.48 bits per heavy atom. The van der Waals surface area contributed by atoms with E-state index in [0.717, 1.165) is 0 Å². The minimum Gasteiger partial charge on any atom is -0.497 e. The van der Waals surface area contributed by atoms with Crippen molar-refractivity contribution in [2.24, 2.45) is 0 Å². The molecule has 8 heteroatoms. The number of urea groups is 1. The Balaban J connectivity index is 1.75. The van der Waals surface area contributed by atoms with Crippen LogP contribution in [0.3, 0.4) is 0 Å². The molecule has 1 fully saturated rings. The highest BCUT2D eigenvalue weighted by Gasteiger charge is 2.50. The first-order valence-electron chi connectivity index (χ1n) is 8.19. The summed E-state index contributed by atoms with van der Waals surface area (Å²) in [5.74, 6) is -0.472. The molecule has 2 aromatic rings. The molecule has 7 nitrogen and oxygen atoms in total. The summed E-state index contributed by atoms with van der Waals surface area (Å²) in [4.78, 5) is 37.4. The second-order valence-electron chi connectivity index (χ2n) is 6.23. The summed E-state index contributed by atoms with van der Waals surface area (Å²) in [6, 6.07) is 12.9. The molecule has 0 bridgehead atoms. The minimum atomic E-state index is -1.29. The van der Waals surface area contributed by atoms with E-state index in [0.29, 0.717) is 26.9 Å². The number of hydrazine groups is 1. The molecule has 1 aliphatic rings. The first-order valence-corrected chi connectivity index (χ1v) is 8.57. The Labute approximate surface area is 161 Å². The number of carbonyl (C=O) groups excluding carboxylic acids is 3. The molecule has 1 saturated heterocycles. The average molecular weight is 388 g/mol. The number of amides is 4. The van der Waals surface area contributed by atoms with E-state index in [4.69, 9.17) is 16.3 Å². The van der Waals surface area contributed by atoms with Gasteiger partial charge in [0.15, 0.2) is 0 Å². The molecule has 0 radical (unpaired) electrons. The third kappa shape index (κ3) is 3.59. The van der Waals surface area contributed by atoms with E-state index in [9.17, 15) is 14.4 Å². The quantitative estimate of drug-likeness (QED) is 0.771. The van der Waals surface area contributed by atoms with E-state index in [1.807, 2.05) is 0 Å². The molecule has 140 valence electrons. The van der Waals surface area contributed by atoms with Crippen LogP contribution in [0.25, 0.3) is 0 Å². The lowest BCUT2D eigenvalue weighted by Gasteiger charge is -2.22. The minimum absolute atomic E-state index is 0.0595. The molecule has 3 rings (SSSR count). The van der Waals surface area contributed by atoms with Crippen LogP contribution in [-0.2, 0) is 21.5 Å².